The molecule has 0 saturated carbocycles. The summed E-state index contributed by atoms with van der Waals surface area (Å²) >= 11 is 1.37. The van der Waals surface area contributed by atoms with Crippen LogP contribution in [0.5, 0.6) is 5.75 Å². The molecule has 5 aromatic rings. The van der Waals surface area contributed by atoms with Gasteiger partial charge in [-0.3, -0.25) is 4.79 Å². The number of ether oxygens (including phenoxy) is 1. The number of benzene rings is 4. The van der Waals surface area contributed by atoms with Gasteiger partial charge in [-0.1, -0.05) is 78.5 Å². The number of thioether (sulfide) groups is 1. The Morgan fingerprint density at radius 2 is 1.63 bits per heavy atom. The first kappa shape index (κ1) is 22.9. The van der Waals surface area contributed by atoms with Crippen LogP contribution in [0.25, 0.3) is 21.5 Å². The van der Waals surface area contributed by atoms with Crippen molar-refractivity contribution in [2.24, 2.45) is 0 Å². The van der Waals surface area contributed by atoms with Gasteiger partial charge in [0.05, 0.1) is 5.75 Å². The molecule has 0 saturated heterocycles. The van der Waals surface area contributed by atoms with Crippen LogP contribution in [-0.2, 0) is 17.9 Å². The third kappa shape index (κ3) is 4.86. The molecule has 35 heavy (non-hydrogen) atoms. The Bertz CT molecular complexity index is 1510. The van der Waals surface area contributed by atoms with Crippen LogP contribution in [0.3, 0.4) is 0 Å². The molecular formula is C28H26N4O2S. The number of hydrogen-bond acceptors (Lipinski definition) is 5. The number of anilines is 1. The van der Waals surface area contributed by atoms with E-state index in [4.69, 9.17) is 4.74 Å². The predicted octanol–water partition coefficient (Wildman–Crippen LogP) is 6.22. The van der Waals surface area contributed by atoms with Crippen LogP contribution in [0, 0.1) is 6.92 Å². The number of hydrogen-bond donors (Lipinski definition) is 1. The zero-order valence-electron chi connectivity index (χ0n) is 19.7. The van der Waals surface area contributed by atoms with Gasteiger partial charge in [-0.15, -0.1) is 10.2 Å². The lowest BCUT2D eigenvalue weighted by atomic mass is 10.0. The van der Waals surface area contributed by atoms with Crippen LogP contribution in [0.2, 0.25) is 0 Å². The average Bonchev–Trinajstić information content (AvgIpc) is 3.29. The Hall–Kier alpha value is -3.84. The van der Waals surface area contributed by atoms with Gasteiger partial charge in [0.2, 0.25) is 5.91 Å². The van der Waals surface area contributed by atoms with Gasteiger partial charge in [0.25, 0.3) is 0 Å². The normalized spacial score (nSPS) is 11.1. The molecule has 4 aromatic carbocycles. The molecule has 176 valence electrons. The zero-order chi connectivity index (χ0) is 24.2. The van der Waals surface area contributed by atoms with E-state index in [-0.39, 0.29) is 11.7 Å². The van der Waals surface area contributed by atoms with E-state index in [2.05, 4.69) is 40.6 Å². The number of nitrogens with one attached hydrogen (secondary N) is 1. The standard InChI is InChI=1S/C28H26N4O2S/c1-3-32-26(17-34-25-16-15-21-10-4-6-12-22(21)19(25)2)30-31-28(32)35-18-27(33)29-24-14-8-11-20-9-5-7-13-23(20)24/h4-16H,3,17-18H2,1-2H3,(H,29,33). The van der Waals surface area contributed by atoms with Gasteiger partial charge in [-0.05, 0) is 47.7 Å². The second-order valence-corrected chi connectivity index (χ2v) is 9.15. The summed E-state index contributed by atoms with van der Waals surface area (Å²) < 4.78 is 8.11. The van der Waals surface area contributed by atoms with E-state index in [0.717, 1.165) is 33.6 Å². The minimum atomic E-state index is -0.0819. The molecule has 0 fully saturated rings. The van der Waals surface area contributed by atoms with Crippen molar-refractivity contribution in [3.63, 3.8) is 0 Å². The SMILES string of the molecule is CCn1c(COc2ccc3ccccc3c2C)nnc1SCC(=O)Nc1cccc2ccccc12. The second kappa shape index (κ2) is 10.2. The highest BCUT2D eigenvalue weighted by Gasteiger charge is 2.15. The van der Waals surface area contributed by atoms with Gasteiger partial charge in [0.1, 0.15) is 12.4 Å². The Kier molecular flexibility index (Phi) is 6.68. The van der Waals surface area contributed by atoms with E-state index in [1.807, 2.05) is 72.2 Å². The summed E-state index contributed by atoms with van der Waals surface area (Å²) in [5.74, 6) is 1.73. The molecule has 0 aliphatic carbocycles. The van der Waals surface area contributed by atoms with Crippen LogP contribution in [-0.4, -0.2) is 26.4 Å². The molecule has 0 atom stereocenters. The van der Waals surface area contributed by atoms with E-state index in [0.29, 0.717) is 18.3 Å². The fraction of sp³-hybridized carbons (Fsp3) is 0.179. The molecule has 1 amide bonds. The molecule has 5 rings (SSSR count). The fourth-order valence-corrected chi connectivity index (χ4v) is 5.03. The number of fused-ring (bicyclic) bond motifs is 2. The first-order valence-corrected chi connectivity index (χ1v) is 12.6. The van der Waals surface area contributed by atoms with E-state index in [1.165, 1.54) is 22.5 Å². The Balaban J connectivity index is 1.24. The van der Waals surface area contributed by atoms with Gasteiger partial charge in [-0.2, -0.15) is 0 Å². The topological polar surface area (TPSA) is 69.0 Å². The lowest BCUT2D eigenvalue weighted by molar-refractivity contribution is -0.113. The van der Waals surface area contributed by atoms with Crippen molar-refractivity contribution in [2.75, 3.05) is 11.1 Å². The molecule has 1 N–H and O–H groups in total. The van der Waals surface area contributed by atoms with Crippen molar-refractivity contribution in [2.45, 2.75) is 32.2 Å². The molecule has 1 heterocycles. The highest BCUT2D eigenvalue weighted by Crippen LogP contribution is 2.28. The first-order chi connectivity index (χ1) is 17.1. The highest BCUT2D eigenvalue weighted by molar-refractivity contribution is 7.99. The molecule has 0 aliphatic rings. The van der Waals surface area contributed by atoms with Crippen molar-refractivity contribution in [3.8, 4) is 5.75 Å². The third-order valence-corrected chi connectivity index (χ3v) is 6.98. The molecule has 0 unspecified atom stereocenters. The van der Waals surface area contributed by atoms with Gasteiger partial charge in [-0.25, -0.2) is 0 Å². The van der Waals surface area contributed by atoms with E-state index >= 15 is 0 Å². The fourth-order valence-electron chi connectivity index (χ4n) is 4.21. The molecule has 7 heteroatoms. The van der Waals surface area contributed by atoms with E-state index in [9.17, 15) is 4.79 Å². The van der Waals surface area contributed by atoms with Crippen molar-refractivity contribution in [1.29, 1.82) is 0 Å². The summed E-state index contributed by atoms with van der Waals surface area (Å²) in [6.07, 6.45) is 0. The molecule has 0 bridgehead atoms. The quantitative estimate of drug-likeness (QED) is 0.266. The van der Waals surface area contributed by atoms with E-state index < -0.39 is 0 Å². The summed E-state index contributed by atoms with van der Waals surface area (Å²) in [4.78, 5) is 12.7. The van der Waals surface area contributed by atoms with Crippen LogP contribution in [0.15, 0.2) is 84.0 Å². The van der Waals surface area contributed by atoms with Crippen molar-refractivity contribution < 1.29 is 9.53 Å². The van der Waals surface area contributed by atoms with Crippen LogP contribution < -0.4 is 10.1 Å². The highest BCUT2D eigenvalue weighted by atomic mass is 32.2. The summed E-state index contributed by atoms with van der Waals surface area (Å²) in [5.41, 5.74) is 1.91. The number of aryl methyl sites for hydroxylation is 1. The Morgan fingerprint density at radius 3 is 2.43 bits per heavy atom. The maximum absolute atomic E-state index is 12.7. The largest absolute Gasteiger partial charge is 0.485 e. The second-order valence-electron chi connectivity index (χ2n) is 8.21. The number of amides is 1. The predicted molar refractivity (Wildman–Crippen MR) is 142 cm³/mol. The summed E-state index contributed by atoms with van der Waals surface area (Å²) in [5, 5.41) is 16.9. The number of rotatable bonds is 8. The van der Waals surface area contributed by atoms with Crippen LogP contribution in [0.4, 0.5) is 5.69 Å². The molecular weight excluding hydrogens is 456 g/mol. The molecule has 0 aliphatic heterocycles. The van der Waals surface area contributed by atoms with Gasteiger partial charge in [0, 0.05) is 17.6 Å². The number of aromatic nitrogens is 3. The molecule has 6 nitrogen and oxygen atoms in total. The van der Waals surface area contributed by atoms with Gasteiger partial charge >= 0.3 is 0 Å². The summed E-state index contributed by atoms with van der Waals surface area (Å²) in [7, 11) is 0. The van der Waals surface area contributed by atoms with E-state index in [1.54, 1.807) is 0 Å². The van der Waals surface area contributed by atoms with Crippen LogP contribution in [0.1, 0.15) is 18.3 Å². The minimum absolute atomic E-state index is 0.0819. The van der Waals surface area contributed by atoms with Gasteiger partial charge in [0.15, 0.2) is 11.0 Å². The third-order valence-electron chi connectivity index (χ3n) is 6.01. The molecule has 1 aromatic heterocycles. The van der Waals surface area contributed by atoms with Crippen LogP contribution >= 0.6 is 11.8 Å². The summed E-state index contributed by atoms with van der Waals surface area (Å²) in [6, 6.07) is 26.2. The van der Waals surface area contributed by atoms with Crippen molar-refractivity contribution in [1.82, 2.24) is 14.8 Å². The zero-order valence-corrected chi connectivity index (χ0v) is 20.5. The monoisotopic (exact) mass is 482 g/mol. The minimum Gasteiger partial charge on any atom is -0.485 e. The average molecular weight is 483 g/mol. The van der Waals surface area contributed by atoms with Crippen molar-refractivity contribution >= 4 is 44.9 Å². The lowest BCUT2D eigenvalue weighted by Crippen LogP contribution is -2.15. The first-order valence-electron chi connectivity index (χ1n) is 11.6. The number of carbonyl (C=O) groups is 1. The summed E-state index contributed by atoms with van der Waals surface area (Å²) in [6.45, 7) is 5.10. The molecule has 0 spiro atoms. The number of carbonyl (C=O) groups excluding carboxylic acids is 1. The number of nitrogens with zero attached hydrogens (tertiary/aromatic N) is 3. The maximum Gasteiger partial charge on any atom is 0.234 e. The van der Waals surface area contributed by atoms with Crippen molar-refractivity contribution in [3.05, 3.63) is 90.3 Å². The molecule has 0 radical (unpaired) electrons. The lowest BCUT2D eigenvalue weighted by Gasteiger charge is -2.12. The maximum atomic E-state index is 12.7. The Morgan fingerprint density at radius 1 is 0.914 bits per heavy atom. The Labute approximate surface area is 208 Å². The smallest absolute Gasteiger partial charge is 0.234 e. The van der Waals surface area contributed by atoms with Gasteiger partial charge < -0.3 is 14.6 Å².